The Kier molecular flexibility index (Phi) is 3.02. The molecular weight excluding hydrogens is 168 g/mol. The molecule has 0 aliphatic heterocycles. The van der Waals surface area contributed by atoms with Crippen molar-refractivity contribution >= 4 is 5.91 Å². The van der Waals surface area contributed by atoms with Crippen LogP contribution in [-0.4, -0.2) is 40.7 Å². The molecule has 0 fully saturated rings. The zero-order valence-corrected chi connectivity index (χ0v) is 7.90. The van der Waals surface area contributed by atoms with Gasteiger partial charge in [0.25, 0.3) is 5.91 Å². The van der Waals surface area contributed by atoms with Crippen LogP contribution < -0.4 is 5.73 Å². The van der Waals surface area contributed by atoms with Crippen molar-refractivity contribution in [1.82, 2.24) is 14.7 Å². The first kappa shape index (κ1) is 9.73. The molecule has 0 saturated heterocycles. The van der Waals surface area contributed by atoms with Gasteiger partial charge in [-0.25, -0.2) is 0 Å². The predicted octanol–water partition coefficient (Wildman–Crippen LogP) is -0.549. The number of hydrogen-bond donors (Lipinski definition) is 1. The molecule has 0 spiro atoms. The highest BCUT2D eigenvalue weighted by Gasteiger charge is 2.13. The summed E-state index contributed by atoms with van der Waals surface area (Å²) >= 11 is 0. The highest BCUT2D eigenvalue weighted by Crippen LogP contribution is 2.00. The minimum absolute atomic E-state index is 0.0505. The number of rotatable bonds is 3. The molecule has 1 rings (SSSR count). The van der Waals surface area contributed by atoms with E-state index in [1.54, 1.807) is 35.9 Å². The van der Waals surface area contributed by atoms with Gasteiger partial charge in [0.1, 0.15) is 5.69 Å². The normalized spacial score (nSPS) is 10.1. The lowest BCUT2D eigenvalue weighted by Gasteiger charge is -2.15. The fourth-order valence-electron chi connectivity index (χ4n) is 1.07. The molecule has 0 atom stereocenters. The third kappa shape index (κ3) is 2.06. The summed E-state index contributed by atoms with van der Waals surface area (Å²) in [5.74, 6) is -0.0505. The fraction of sp³-hybridized carbons (Fsp3) is 0.500. The van der Waals surface area contributed by atoms with E-state index in [1.807, 2.05) is 0 Å². The summed E-state index contributed by atoms with van der Waals surface area (Å²) < 4.78 is 1.55. The molecule has 0 radical (unpaired) electrons. The van der Waals surface area contributed by atoms with Crippen LogP contribution in [0.15, 0.2) is 12.3 Å². The maximum atomic E-state index is 11.6. The van der Waals surface area contributed by atoms with Gasteiger partial charge in [0.2, 0.25) is 0 Å². The minimum atomic E-state index is -0.0505. The van der Waals surface area contributed by atoms with E-state index in [-0.39, 0.29) is 5.91 Å². The third-order valence-corrected chi connectivity index (χ3v) is 1.85. The molecular formula is C8H14N4O. The van der Waals surface area contributed by atoms with Gasteiger partial charge in [-0.2, -0.15) is 5.10 Å². The molecule has 2 N–H and O–H groups in total. The standard InChI is InChI=1S/C8H14N4O/c1-11(6-4-9)8(13)7-3-5-10-12(7)2/h3,5H,4,6,9H2,1-2H3. The minimum Gasteiger partial charge on any atom is -0.339 e. The second-order valence-corrected chi connectivity index (χ2v) is 2.86. The van der Waals surface area contributed by atoms with Gasteiger partial charge in [-0.05, 0) is 6.07 Å². The number of carbonyl (C=O) groups excluding carboxylic acids is 1. The van der Waals surface area contributed by atoms with E-state index in [9.17, 15) is 4.79 Å². The van der Waals surface area contributed by atoms with Crippen LogP contribution in [0.4, 0.5) is 0 Å². The van der Waals surface area contributed by atoms with Crippen molar-refractivity contribution in [3.05, 3.63) is 18.0 Å². The molecule has 1 aromatic rings. The molecule has 0 aromatic carbocycles. The summed E-state index contributed by atoms with van der Waals surface area (Å²) in [5.41, 5.74) is 5.92. The summed E-state index contributed by atoms with van der Waals surface area (Å²) in [6, 6.07) is 1.69. The summed E-state index contributed by atoms with van der Waals surface area (Å²) in [7, 11) is 3.46. The monoisotopic (exact) mass is 182 g/mol. The van der Waals surface area contributed by atoms with Gasteiger partial charge >= 0.3 is 0 Å². The number of amides is 1. The van der Waals surface area contributed by atoms with Gasteiger partial charge in [-0.1, -0.05) is 0 Å². The third-order valence-electron chi connectivity index (χ3n) is 1.85. The second kappa shape index (κ2) is 4.04. The topological polar surface area (TPSA) is 64.2 Å². The van der Waals surface area contributed by atoms with Crippen molar-refractivity contribution in [3.8, 4) is 0 Å². The van der Waals surface area contributed by atoms with Crippen LogP contribution in [0.5, 0.6) is 0 Å². The highest BCUT2D eigenvalue weighted by atomic mass is 16.2. The average Bonchev–Trinajstić information content (AvgIpc) is 2.50. The van der Waals surface area contributed by atoms with Crippen molar-refractivity contribution in [2.75, 3.05) is 20.1 Å². The van der Waals surface area contributed by atoms with E-state index >= 15 is 0 Å². The zero-order chi connectivity index (χ0) is 9.84. The number of carbonyl (C=O) groups is 1. The van der Waals surface area contributed by atoms with E-state index in [2.05, 4.69) is 5.10 Å². The zero-order valence-electron chi connectivity index (χ0n) is 7.90. The molecule has 13 heavy (non-hydrogen) atoms. The molecule has 5 nitrogen and oxygen atoms in total. The summed E-state index contributed by atoms with van der Waals surface area (Å²) in [5, 5.41) is 3.92. The number of likely N-dealkylation sites (N-methyl/N-ethyl adjacent to an activating group) is 1. The molecule has 72 valence electrons. The second-order valence-electron chi connectivity index (χ2n) is 2.86. The van der Waals surface area contributed by atoms with Gasteiger partial charge in [-0.3, -0.25) is 9.48 Å². The number of nitrogens with zero attached hydrogens (tertiary/aromatic N) is 3. The van der Waals surface area contributed by atoms with Crippen LogP contribution in [0.1, 0.15) is 10.5 Å². The Morgan fingerprint density at radius 2 is 2.46 bits per heavy atom. The Balaban J connectivity index is 2.73. The molecule has 0 bridgehead atoms. The maximum Gasteiger partial charge on any atom is 0.271 e. The summed E-state index contributed by atoms with van der Waals surface area (Å²) in [4.78, 5) is 13.2. The molecule has 1 heterocycles. The van der Waals surface area contributed by atoms with Crippen LogP contribution in [0.2, 0.25) is 0 Å². The first-order valence-electron chi connectivity index (χ1n) is 4.10. The van der Waals surface area contributed by atoms with Crippen LogP contribution in [0.25, 0.3) is 0 Å². The Bertz CT molecular complexity index is 294. The largest absolute Gasteiger partial charge is 0.339 e. The molecule has 0 aliphatic carbocycles. The van der Waals surface area contributed by atoms with E-state index in [1.165, 1.54) is 0 Å². The van der Waals surface area contributed by atoms with Gasteiger partial charge in [0.15, 0.2) is 0 Å². The molecule has 0 saturated carbocycles. The van der Waals surface area contributed by atoms with Crippen molar-refractivity contribution in [2.45, 2.75) is 0 Å². The Morgan fingerprint density at radius 3 is 2.92 bits per heavy atom. The Labute approximate surface area is 77.1 Å². The lowest BCUT2D eigenvalue weighted by Crippen LogP contribution is -2.32. The van der Waals surface area contributed by atoms with Crippen LogP contribution in [0, 0.1) is 0 Å². The molecule has 1 amide bonds. The van der Waals surface area contributed by atoms with Crippen molar-refractivity contribution in [1.29, 1.82) is 0 Å². The highest BCUT2D eigenvalue weighted by molar-refractivity contribution is 5.92. The SMILES string of the molecule is CN(CCN)C(=O)c1ccnn1C. The number of aryl methyl sites for hydroxylation is 1. The van der Waals surface area contributed by atoms with E-state index in [4.69, 9.17) is 5.73 Å². The molecule has 5 heteroatoms. The van der Waals surface area contributed by atoms with Crippen LogP contribution in [0.3, 0.4) is 0 Å². The maximum absolute atomic E-state index is 11.6. The lowest BCUT2D eigenvalue weighted by molar-refractivity contribution is 0.0788. The number of aromatic nitrogens is 2. The van der Waals surface area contributed by atoms with Crippen LogP contribution >= 0.6 is 0 Å². The average molecular weight is 182 g/mol. The van der Waals surface area contributed by atoms with Gasteiger partial charge in [0, 0.05) is 33.4 Å². The first-order valence-corrected chi connectivity index (χ1v) is 4.10. The fourth-order valence-corrected chi connectivity index (χ4v) is 1.07. The smallest absolute Gasteiger partial charge is 0.271 e. The van der Waals surface area contributed by atoms with Crippen molar-refractivity contribution in [3.63, 3.8) is 0 Å². The number of nitrogens with two attached hydrogens (primary N) is 1. The quantitative estimate of drug-likeness (QED) is 0.682. The predicted molar refractivity (Wildman–Crippen MR) is 49.2 cm³/mol. The van der Waals surface area contributed by atoms with Crippen molar-refractivity contribution in [2.24, 2.45) is 12.8 Å². The van der Waals surface area contributed by atoms with Crippen LogP contribution in [-0.2, 0) is 7.05 Å². The number of hydrogen-bond acceptors (Lipinski definition) is 3. The van der Waals surface area contributed by atoms with E-state index in [0.29, 0.717) is 18.8 Å². The molecule has 0 unspecified atom stereocenters. The summed E-state index contributed by atoms with van der Waals surface area (Å²) in [6.45, 7) is 1.03. The molecule has 1 aromatic heterocycles. The molecule has 0 aliphatic rings. The summed E-state index contributed by atoms with van der Waals surface area (Å²) in [6.07, 6.45) is 1.60. The van der Waals surface area contributed by atoms with Crippen molar-refractivity contribution < 1.29 is 4.79 Å². The lowest BCUT2D eigenvalue weighted by atomic mass is 10.3. The van der Waals surface area contributed by atoms with Gasteiger partial charge in [0.05, 0.1) is 0 Å². The van der Waals surface area contributed by atoms with Gasteiger partial charge in [-0.15, -0.1) is 0 Å². The Morgan fingerprint density at radius 1 is 1.77 bits per heavy atom. The Hall–Kier alpha value is -1.36. The first-order chi connectivity index (χ1) is 6.16. The van der Waals surface area contributed by atoms with E-state index < -0.39 is 0 Å². The van der Waals surface area contributed by atoms with E-state index in [0.717, 1.165) is 0 Å². The van der Waals surface area contributed by atoms with Gasteiger partial charge < -0.3 is 10.6 Å².